The van der Waals surface area contributed by atoms with Gasteiger partial charge in [0, 0.05) is 6.20 Å². The minimum Gasteiger partial charge on any atom is -0.478 e. The van der Waals surface area contributed by atoms with Crippen molar-refractivity contribution in [1.29, 1.82) is 0 Å². The molecule has 0 saturated heterocycles. The lowest BCUT2D eigenvalue weighted by molar-refractivity contribution is 0.0675. The van der Waals surface area contributed by atoms with Crippen LogP contribution in [0, 0.1) is 6.92 Å². The zero-order valence-electron chi connectivity index (χ0n) is 6.81. The number of pyridine rings is 1. The summed E-state index contributed by atoms with van der Waals surface area (Å²) in [5, 5.41) is 17.1. The maximum absolute atomic E-state index is 10.5. The van der Waals surface area contributed by atoms with Crippen LogP contribution >= 0.6 is 0 Å². The molecule has 0 spiro atoms. The van der Waals surface area contributed by atoms with Crippen molar-refractivity contribution in [1.82, 2.24) is 4.98 Å². The summed E-state index contributed by atoms with van der Waals surface area (Å²) in [6.45, 7) is 1.53. The van der Waals surface area contributed by atoms with Crippen molar-refractivity contribution in [3.05, 3.63) is 29.1 Å². The Bertz CT molecular complexity index is 372. The van der Waals surface area contributed by atoms with Gasteiger partial charge in [-0.05, 0) is 18.6 Å². The van der Waals surface area contributed by atoms with Crippen molar-refractivity contribution in [2.45, 2.75) is 6.92 Å². The highest BCUT2D eigenvalue weighted by molar-refractivity contribution is 5.91. The van der Waals surface area contributed by atoms with Crippen molar-refractivity contribution >= 4 is 11.9 Å². The zero-order chi connectivity index (χ0) is 10.0. The van der Waals surface area contributed by atoms with E-state index in [-0.39, 0.29) is 11.3 Å². The zero-order valence-corrected chi connectivity index (χ0v) is 6.81. The molecule has 1 aromatic rings. The first-order valence-corrected chi connectivity index (χ1v) is 3.45. The SMILES string of the molecule is Cc1cc(C(=O)O)ncc1C(=O)O. The highest BCUT2D eigenvalue weighted by Gasteiger charge is 2.11. The maximum atomic E-state index is 10.5. The van der Waals surface area contributed by atoms with Crippen LogP contribution in [0.15, 0.2) is 12.3 Å². The summed E-state index contributed by atoms with van der Waals surface area (Å²) < 4.78 is 0. The van der Waals surface area contributed by atoms with E-state index in [2.05, 4.69) is 4.98 Å². The summed E-state index contributed by atoms with van der Waals surface area (Å²) in [7, 11) is 0. The average Bonchev–Trinajstić information content (AvgIpc) is 2.03. The normalized spacial score (nSPS) is 9.62. The lowest BCUT2D eigenvalue weighted by atomic mass is 10.1. The van der Waals surface area contributed by atoms with Crippen LogP contribution in [-0.2, 0) is 0 Å². The highest BCUT2D eigenvalue weighted by atomic mass is 16.4. The van der Waals surface area contributed by atoms with Crippen molar-refractivity contribution < 1.29 is 19.8 Å². The van der Waals surface area contributed by atoms with Crippen LogP contribution in [0.4, 0.5) is 0 Å². The van der Waals surface area contributed by atoms with Gasteiger partial charge in [0.2, 0.25) is 0 Å². The molecular weight excluding hydrogens is 174 g/mol. The molecule has 0 aliphatic rings. The second-order valence-corrected chi connectivity index (χ2v) is 2.49. The van der Waals surface area contributed by atoms with E-state index in [4.69, 9.17) is 10.2 Å². The molecule has 0 fully saturated rings. The summed E-state index contributed by atoms with van der Waals surface area (Å²) in [5.74, 6) is -2.28. The number of hydrogen-bond acceptors (Lipinski definition) is 3. The van der Waals surface area contributed by atoms with Gasteiger partial charge in [-0.25, -0.2) is 14.6 Å². The summed E-state index contributed by atoms with van der Waals surface area (Å²) >= 11 is 0. The molecule has 0 aromatic carbocycles. The van der Waals surface area contributed by atoms with Crippen LogP contribution in [0.1, 0.15) is 26.4 Å². The van der Waals surface area contributed by atoms with Crippen molar-refractivity contribution in [3.8, 4) is 0 Å². The number of nitrogens with zero attached hydrogens (tertiary/aromatic N) is 1. The fraction of sp³-hybridized carbons (Fsp3) is 0.125. The predicted molar refractivity (Wildman–Crippen MR) is 42.9 cm³/mol. The van der Waals surface area contributed by atoms with E-state index in [1.807, 2.05) is 0 Å². The summed E-state index contributed by atoms with van der Waals surface area (Å²) in [6.07, 6.45) is 1.04. The van der Waals surface area contributed by atoms with Gasteiger partial charge in [-0.2, -0.15) is 0 Å². The molecular formula is C8H7NO4. The van der Waals surface area contributed by atoms with Crippen molar-refractivity contribution in [3.63, 3.8) is 0 Å². The van der Waals surface area contributed by atoms with E-state index in [0.29, 0.717) is 5.56 Å². The first kappa shape index (κ1) is 9.18. The van der Waals surface area contributed by atoms with E-state index >= 15 is 0 Å². The van der Waals surface area contributed by atoms with Gasteiger partial charge in [0.1, 0.15) is 5.69 Å². The van der Waals surface area contributed by atoms with E-state index in [9.17, 15) is 9.59 Å². The minimum absolute atomic E-state index is 0.0185. The molecule has 0 unspecified atom stereocenters. The standard InChI is InChI=1S/C8H7NO4/c1-4-2-6(8(12)13)9-3-5(4)7(10)11/h2-3H,1H3,(H,10,11)(H,12,13). The first-order chi connectivity index (χ1) is 6.02. The van der Waals surface area contributed by atoms with Gasteiger partial charge >= 0.3 is 11.9 Å². The second kappa shape index (κ2) is 3.22. The van der Waals surface area contributed by atoms with Crippen LogP contribution < -0.4 is 0 Å². The molecule has 5 nitrogen and oxygen atoms in total. The molecule has 0 bridgehead atoms. The molecule has 1 aromatic heterocycles. The molecule has 1 rings (SSSR count). The number of aromatic nitrogens is 1. The molecule has 0 aliphatic carbocycles. The molecule has 0 radical (unpaired) electrons. The second-order valence-electron chi connectivity index (χ2n) is 2.49. The monoisotopic (exact) mass is 181 g/mol. The van der Waals surface area contributed by atoms with Crippen LogP contribution in [0.5, 0.6) is 0 Å². The molecule has 0 aliphatic heterocycles. The number of aryl methyl sites for hydroxylation is 1. The van der Waals surface area contributed by atoms with E-state index in [1.165, 1.54) is 13.0 Å². The number of hydrogen-bond donors (Lipinski definition) is 2. The van der Waals surface area contributed by atoms with Gasteiger partial charge in [0.05, 0.1) is 5.56 Å². The van der Waals surface area contributed by atoms with Gasteiger partial charge in [-0.3, -0.25) is 0 Å². The summed E-state index contributed by atoms with van der Waals surface area (Å²) in [5.41, 5.74) is 0.257. The number of rotatable bonds is 2. The Kier molecular flexibility index (Phi) is 2.27. The Morgan fingerprint density at radius 3 is 2.31 bits per heavy atom. The third kappa shape index (κ3) is 1.81. The van der Waals surface area contributed by atoms with Crippen LogP contribution in [0.3, 0.4) is 0 Å². The topological polar surface area (TPSA) is 87.5 Å². The first-order valence-electron chi connectivity index (χ1n) is 3.45. The van der Waals surface area contributed by atoms with Gasteiger partial charge in [-0.1, -0.05) is 0 Å². The lowest BCUT2D eigenvalue weighted by Crippen LogP contribution is -2.06. The van der Waals surface area contributed by atoms with Gasteiger partial charge < -0.3 is 10.2 Å². The van der Waals surface area contributed by atoms with Crippen molar-refractivity contribution in [2.24, 2.45) is 0 Å². The largest absolute Gasteiger partial charge is 0.478 e. The molecule has 0 amide bonds. The number of carbonyl (C=O) groups is 2. The highest BCUT2D eigenvalue weighted by Crippen LogP contribution is 2.07. The van der Waals surface area contributed by atoms with E-state index in [0.717, 1.165) is 6.20 Å². The molecule has 13 heavy (non-hydrogen) atoms. The third-order valence-electron chi connectivity index (χ3n) is 1.56. The summed E-state index contributed by atoms with van der Waals surface area (Å²) in [6, 6.07) is 1.23. The van der Waals surface area contributed by atoms with Gasteiger partial charge in [0.25, 0.3) is 0 Å². The minimum atomic E-state index is -1.17. The molecule has 0 saturated carbocycles. The lowest BCUT2D eigenvalue weighted by Gasteiger charge is -2.00. The average molecular weight is 181 g/mol. The molecule has 0 atom stereocenters. The molecule has 1 heterocycles. The van der Waals surface area contributed by atoms with Crippen LogP contribution in [-0.4, -0.2) is 27.1 Å². The Labute approximate surface area is 73.7 Å². The smallest absolute Gasteiger partial charge is 0.354 e. The fourth-order valence-electron chi connectivity index (χ4n) is 0.897. The molecule has 68 valence electrons. The number of carboxylic acids is 2. The van der Waals surface area contributed by atoms with E-state index in [1.54, 1.807) is 0 Å². The third-order valence-corrected chi connectivity index (χ3v) is 1.56. The quantitative estimate of drug-likeness (QED) is 0.704. The maximum Gasteiger partial charge on any atom is 0.354 e. The summed E-state index contributed by atoms with van der Waals surface area (Å²) in [4.78, 5) is 24.4. The predicted octanol–water partition coefficient (Wildman–Crippen LogP) is 0.786. The van der Waals surface area contributed by atoms with Gasteiger partial charge in [0.15, 0.2) is 0 Å². The Morgan fingerprint density at radius 1 is 1.31 bits per heavy atom. The van der Waals surface area contributed by atoms with E-state index < -0.39 is 11.9 Å². The van der Waals surface area contributed by atoms with Crippen LogP contribution in [0.2, 0.25) is 0 Å². The Morgan fingerprint density at radius 2 is 1.92 bits per heavy atom. The van der Waals surface area contributed by atoms with Gasteiger partial charge in [-0.15, -0.1) is 0 Å². The Balaban J connectivity index is 3.20. The fourth-order valence-corrected chi connectivity index (χ4v) is 0.897. The van der Waals surface area contributed by atoms with Crippen molar-refractivity contribution in [2.75, 3.05) is 0 Å². The Hall–Kier alpha value is -1.91. The molecule has 5 heteroatoms. The van der Waals surface area contributed by atoms with Crippen LogP contribution in [0.25, 0.3) is 0 Å². The number of aromatic carboxylic acids is 2. The number of carboxylic acid groups (broad SMARTS) is 2. The molecule has 2 N–H and O–H groups in total.